The highest BCUT2D eigenvalue weighted by atomic mass is 32.2. The van der Waals surface area contributed by atoms with Gasteiger partial charge in [0.1, 0.15) is 0 Å². The maximum Gasteiger partial charge on any atom is 0.317 e. The minimum atomic E-state index is -2.94. The molecular weight excluding hydrogens is 280 g/mol. The van der Waals surface area contributed by atoms with Gasteiger partial charge in [-0.3, -0.25) is 0 Å². The highest BCUT2D eigenvalue weighted by Crippen LogP contribution is 2.30. The van der Waals surface area contributed by atoms with Gasteiger partial charge >= 0.3 is 6.03 Å². The summed E-state index contributed by atoms with van der Waals surface area (Å²) in [5.74, 6) is 1.00. The summed E-state index contributed by atoms with van der Waals surface area (Å²) in [6.07, 6.45) is 4.10. The van der Waals surface area contributed by atoms with Gasteiger partial charge < -0.3 is 15.0 Å². The van der Waals surface area contributed by atoms with E-state index in [4.69, 9.17) is 4.74 Å². The third kappa shape index (κ3) is 3.63. The zero-order valence-electron chi connectivity index (χ0n) is 11.6. The lowest BCUT2D eigenvalue weighted by Gasteiger charge is -2.20. The number of sulfone groups is 1. The summed E-state index contributed by atoms with van der Waals surface area (Å²) in [6, 6.07) is -0.372. The normalized spacial score (nSPS) is 32.5. The molecule has 0 aromatic carbocycles. The molecule has 2 heterocycles. The van der Waals surface area contributed by atoms with Crippen molar-refractivity contribution in [1.29, 1.82) is 0 Å². The predicted molar refractivity (Wildman–Crippen MR) is 74.2 cm³/mol. The van der Waals surface area contributed by atoms with Gasteiger partial charge in [-0.1, -0.05) is 0 Å². The van der Waals surface area contributed by atoms with E-state index in [0.29, 0.717) is 19.5 Å². The van der Waals surface area contributed by atoms with E-state index in [2.05, 4.69) is 5.32 Å². The Morgan fingerprint density at radius 1 is 1.25 bits per heavy atom. The van der Waals surface area contributed by atoms with Crippen LogP contribution in [0.1, 0.15) is 25.7 Å². The van der Waals surface area contributed by atoms with Crippen molar-refractivity contribution in [2.75, 3.05) is 31.2 Å². The van der Waals surface area contributed by atoms with Crippen LogP contribution in [0.4, 0.5) is 4.79 Å². The van der Waals surface area contributed by atoms with Crippen molar-refractivity contribution in [3.8, 4) is 0 Å². The molecule has 7 heteroatoms. The minimum absolute atomic E-state index is 0.0776. The Balaban J connectivity index is 1.41. The Bertz CT molecular complexity index is 475. The average Bonchev–Trinajstić information content (AvgIpc) is 2.98. The van der Waals surface area contributed by atoms with Crippen LogP contribution in [-0.4, -0.2) is 62.7 Å². The second-order valence-corrected chi connectivity index (χ2v) is 8.41. The number of rotatable bonds is 4. The molecule has 1 N–H and O–H groups in total. The third-order valence-electron chi connectivity index (χ3n) is 4.26. The van der Waals surface area contributed by atoms with Crippen molar-refractivity contribution in [2.24, 2.45) is 5.92 Å². The second-order valence-electron chi connectivity index (χ2n) is 6.18. The second kappa shape index (κ2) is 5.52. The monoisotopic (exact) mass is 302 g/mol. The van der Waals surface area contributed by atoms with E-state index in [1.807, 2.05) is 0 Å². The average molecular weight is 302 g/mol. The molecule has 0 aromatic heterocycles. The molecule has 3 aliphatic rings. The van der Waals surface area contributed by atoms with E-state index in [0.717, 1.165) is 18.9 Å². The molecule has 2 aliphatic heterocycles. The fourth-order valence-electron chi connectivity index (χ4n) is 2.78. The van der Waals surface area contributed by atoms with Gasteiger partial charge in [-0.05, 0) is 31.6 Å². The van der Waals surface area contributed by atoms with Crippen LogP contribution in [0.2, 0.25) is 0 Å². The zero-order chi connectivity index (χ0) is 14.2. The summed E-state index contributed by atoms with van der Waals surface area (Å²) < 4.78 is 28.5. The maximum absolute atomic E-state index is 12.1. The van der Waals surface area contributed by atoms with Gasteiger partial charge in [-0.2, -0.15) is 0 Å². The van der Waals surface area contributed by atoms with Gasteiger partial charge in [-0.15, -0.1) is 0 Å². The highest BCUT2D eigenvalue weighted by molar-refractivity contribution is 7.91. The van der Waals surface area contributed by atoms with Crippen LogP contribution in [0, 0.1) is 5.92 Å². The lowest BCUT2D eigenvalue weighted by molar-refractivity contribution is 0.0538. The van der Waals surface area contributed by atoms with Gasteiger partial charge in [0.25, 0.3) is 0 Å². The molecular formula is C13H22N2O4S. The molecule has 3 rings (SSSR count). The van der Waals surface area contributed by atoms with Crippen molar-refractivity contribution in [3.05, 3.63) is 0 Å². The lowest BCUT2D eigenvalue weighted by Crippen LogP contribution is -2.44. The standard InChI is InChI=1S/C13H22N2O4S/c16-13(14-11-4-6-20(17,18)9-11)15-5-3-12(7-15)19-8-10-1-2-10/h10-12H,1-9H2,(H,14,16)/t11-,12+/m0/s1. The smallest absolute Gasteiger partial charge is 0.317 e. The summed E-state index contributed by atoms with van der Waals surface area (Å²) in [5.41, 5.74) is 0. The van der Waals surface area contributed by atoms with Crippen LogP contribution in [0.25, 0.3) is 0 Å². The zero-order valence-corrected chi connectivity index (χ0v) is 12.4. The molecule has 6 nitrogen and oxygen atoms in total. The van der Waals surface area contributed by atoms with Crippen LogP contribution in [0.15, 0.2) is 0 Å². The van der Waals surface area contributed by atoms with Gasteiger partial charge in [0.2, 0.25) is 0 Å². The van der Waals surface area contributed by atoms with Crippen molar-refractivity contribution in [2.45, 2.75) is 37.8 Å². The molecule has 114 valence electrons. The SMILES string of the molecule is O=C(N[C@H]1CCS(=O)(=O)C1)N1CC[C@@H](OCC2CC2)C1. The van der Waals surface area contributed by atoms with E-state index in [1.165, 1.54) is 12.8 Å². The van der Waals surface area contributed by atoms with Crippen LogP contribution in [0.5, 0.6) is 0 Å². The summed E-state index contributed by atoms with van der Waals surface area (Å²) in [7, 11) is -2.94. The van der Waals surface area contributed by atoms with Crippen LogP contribution < -0.4 is 5.32 Å². The first-order valence-electron chi connectivity index (χ1n) is 7.39. The van der Waals surface area contributed by atoms with Crippen LogP contribution in [0.3, 0.4) is 0 Å². The van der Waals surface area contributed by atoms with E-state index in [9.17, 15) is 13.2 Å². The summed E-state index contributed by atoms with van der Waals surface area (Å²) in [5, 5.41) is 2.83. The number of hydrogen-bond donors (Lipinski definition) is 1. The Morgan fingerprint density at radius 3 is 2.70 bits per heavy atom. The summed E-state index contributed by atoms with van der Waals surface area (Å²) in [6.45, 7) is 2.14. The molecule has 1 saturated carbocycles. The van der Waals surface area contributed by atoms with Crippen molar-refractivity contribution < 1.29 is 17.9 Å². The van der Waals surface area contributed by atoms with E-state index >= 15 is 0 Å². The molecule has 3 fully saturated rings. The van der Waals surface area contributed by atoms with Gasteiger partial charge in [0, 0.05) is 25.7 Å². The predicted octanol–water partition coefficient (Wildman–Crippen LogP) is 0.384. The van der Waals surface area contributed by atoms with E-state index in [1.54, 1.807) is 4.90 Å². The molecule has 0 aromatic rings. The number of ether oxygens (including phenoxy) is 1. The molecule has 0 bridgehead atoms. The van der Waals surface area contributed by atoms with Crippen molar-refractivity contribution in [1.82, 2.24) is 10.2 Å². The summed E-state index contributed by atoms with van der Waals surface area (Å²) >= 11 is 0. The Kier molecular flexibility index (Phi) is 3.90. The molecule has 1 aliphatic carbocycles. The van der Waals surface area contributed by atoms with Crippen LogP contribution >= 0.6 is 0 Å². The van der Waals surface area contributed by atoms with Gasteiger partial charge in [-0.25, -0.2) is 13.2 Å². The fraction of sp³-hybridized carbons (Fsp3) is 0.923. The molecule has 20 heavy (non-hydrogen) atoms. The lowest BCUT2D eigenvalue weighted by atomic mass is 10.3. The molecule has 0 unspecified atom stereocenters. The number of amides is 2. The first kappa shape index (κ1) is 14.1. The maximum atomic E-state index is 12.1. The highest BCUT2D eigenvalue weighted by Gasteiger charge is 2.33. The number of carbonyl (C=O) groups is 1. The van der Waals surface area contributed by atoms with E-state index < -0.39 is 9.84 Å². The van der Waals surface area contributed by atoms with Gasteiger partial charge in [0.05, 0.1) is 17.6 Å². The number of nitrogens with one attached hydrogen (secondary N) is 1. The van der Waals surface area contributed by atoms with Crippen LogP contribution in [-0.2, 0) is 14.6 Å². The largest absolute Gasteiger partial charge is 0.376 e. The number of carbonyl (C=O) groups excluding carboxylic acids is 1. The first-order chi connectivity index (χ1) is 9.52. The molecule has 0 radical (unpaired) electrons. The van der Waals surface area contributed by atoms with E-state index in [-0.39, 0.29) is 29.7 Å². The van der Waals surface area contributed by atoms with Crippen molar-refractivity contribution >= 4 is 15.9 Å². The number of nitrogens with zero attached hydrogens (tertiary/aromatic N) is 1. The fourth-order valence-corrected chi connectivity index (χ4v) is 4.45. The molecule has 2 atom stereocenters. The topological polar surface area (TPSA) is 75.7 Å². The number of likely N-dealkylation sites (tertiary alicyclic amines) is 1. The Hall–Kier alpha value is -0.820. The number of hydrogen-bond acceptors (Lipinski definition) is 4. The third-order valence-corrected chi connectivity index (χ3v) is 6.02. The summed E-state index contributed by atoms with van der Waals surface area (Å²) in [4.78, 5) is 13.8. The van der Waals surface area contributed by atoms with Gasteiger partial charge in [0.15, 0.2) is 9.84 Å². The quantitative estimate of drug-likeness (QED) is 0.815. The first-order valence-corrected chi connectivity index (χ1v) is 9.21. The molecule has 2 amide bonds. The Morgan fingerprint density at radius 2 is 2.05 bits per heavy atom. The molecule has 2 saturated heterocycles. The minimum Gasteiger partial charge on any atom is -0.376 e. The molecule has 0 spiro atoms. The number of urea groups is 1. The van der Waals surface area contributed by atoms with Crippen molar-refractivity contribution in [3.63, 3.8) is 0 Å². The Labute approximate surface area is 119 Å².